The van der Waals surface area contributed by atoms with Crippen molar-refractivity contribution in [3.63, 3.8) is 0 Å². The molecule has 0 fully saturated rings. The molecular formula is C10H13ClO2. The molecule has 0 saturated heterocycles. The van der Waals surface area contributed by atoms with Gasteiger partial charge in [-0.1, -0.05) is 6.07 Å². The summed E-state index contributed by atoms with van der Waals surface area (Å²) in [4.78, 5) is 0. The second-order valence-corrected chi connectivity index (χ2v) is 3.18. The second-order valence-electron chi connectivity index (χ2n) is 2.80. The maximum Gasteiger partial charge on any atom is 0.160 e. The molecule has 13 heavy (non-hydrogen) atoms. The van der Waals surface area contributed by atoms with E-state index in [9.17, 15) is 5.11 Å². The van der Waals surface area contributed by atoms with Crippen molar-refractivity contribution in [3.8, 4) is 11.5 Å². The van der Waals surface area contributed by atoms with Gasteiger partial charge in [0.15, 0.2) is 11.5 Å². The first-order valence-corrected chi connectivity index (χ1v) is 4.73. The van der Waals surface area contributed by atoms with Crippen LogP contribution in [0.15, 0.2) is 18.2 Å². The van der Waals surface area contributed by atoms with Gasteiger partial charge in [-0.3, -0.25) is 0 Å². The molecule has 0 heterocycles. The summed E-state index contributed by atoms with van der Waals surface area (Å²) in [6.07, 6.45) is 1.81. The molecule has 1 N–H and O–H groups in total. The Bertz CT molecular complexity index is 274. The minimum Gasteiger partial charge on any atom is -0.504 e. The van der Waals surface area contributed by atoms with Crippen molar-refractivity contribution in [1.29, 1.82) is 0 Å². The molecule has 72 valence electrons. The lowest BCUT2D eigenvalue weighted by molar-refractivity contribution is 0.373. The van der Waals surface area contributed by atoms with Crippen molar-refractivity contribution >= 4 is 11.6 Å². The van der Waals surface area contributed by atoms with Crippen LogP contribution in [-0.2, 0) is 6.42 Å². The van der Waals surface area contributed by atoms with Gasteiger partial charge < -0.3 is 9.84 Å². The number of phenolic OH excluding ortho intramolecular Hbond substituents is 1. The lowest BCUT2D eigenvalue weighted by Crippen LogP contribution is -1.88. The number of ether oxygens (including phenoxy) is 1. The molecular weight excluding hydrogens is 188 g/mol. The van der Waals surface area contributed by atoms with Crippen molar-refractivity contribution in [1.82, 2.24) is 0 Å². The highest BCUT2D eigenvalue weighted by Crippen LogP contribution is 2.26. The Morgan fingerprint density at radius 3 is 2.77 bits per heavy atom. The topological polar surface area (TPSA) is 29.5 Å². The summed E-state index contributed by atoms with van der Waals surface area (Å²) in [5.74, 6) is 1.34. The monoisotopic (exact) mass is 200 g/mol. The third-order valence-electron chi connectivity index (χ3n) is 1.84. The number of aromatic hydroxyl groups is 1. The van der Waals surface area contributed by atoms with E-state index >= 15 is 0 Å². The highest BCUT2D eigenvalue weighted by molar-refractivity contribution is 6.17. The van der Waals surface area contributed by atoms with Gasteiger partial charge in [-0.2, -0.15) is 0 Å². The summed E-state index contributed by atoms with van der Waals surface area (Å²) >= 11 is 5.56. The van der Waals surface area contributed by atoms with Gasteiger partial charge >= 0.3 is 0 Å². The summed E-state index contributed by atoms with van der Waals surface area (Å²) < 4.78 is 4.93. The van der Waals surface area contributed by atoms with E-state index in [2.05, 4.69) is 0 Å². The SMILES string of the molecule is COc1ccc(CCCCl)cc1O. The molecule has 0 aliphatic rings. The third-order valence-corrected chi connectivity index (χ3v) is 2.11. The van der Waals surface area contributed by atoms with Gasteiger partial charge in [0.2, 0.25) is 0 Å². The molecule has 2 nitrogen and oxygen atoms in total. The van der Waals surface area contributed by atoms with Gasteiger partial charge in [0.25, 0.3) is 0 Å². The van der Waals surface area contributed by atoms with Gasteiger partial charge in [-0.25, -0.2) is 0 Å². The molecule has 0 unspecified atom stereocenters. The summed E-state index contributed by atoms with van der Waals surface area (Å²) in [5, 5.41) is 9.43. The van der Waals surface area contributed by atoms with Crippen LogP contribution < -0.4 is 4.74 Å². The van der Waals surface area contributed by atoms with Crippen molar-refractivity contribution in [2.75, 3.05) is 13.0 Å². The third kappa shape index (κ3) is 2.81. The van der Waals surface area contributed by atoms with E-state index in [1.807, 2.05) is 6.07 Å². The van der Waals surface area contributed by atoms with E-state index in [1.165, 1.54) is 7.11 Å². The Labute approximate surface area is 83.1 Å². The molecule has 0 bridgehead atoms. The highest BCUT2D eigenvalue weighted by atomic mass is 35.5. The number of alkyl halides is 1. The zero-order valence-electron chi connectivity index (χ0n) is 7.59. The molecule has 1 aromatic rings. The number of benzene rings is 1. The molecule has 1 rings (SSSR count). The minimum atomic E-state index is 0.189. The number of methoxy groups -OCH3 is 1. The van der Waals surface area contributed by atoms with Gasteiger partial charge in [0, 0.05) is 5.88 Å². The zero-order valence-corrected chi connectivity index (χ0v) is 8.34. The number of hydrogen-bond acceptors (Lipinski definition) is 2. The molecule has 0 atom stereocenters. The standard InChI is InChI=1S/C10H13ClO2/c1-13-10-5-4-8(3-2-6-11)7-9(10)12/h4-5,7,12H,2-3,6H2,1H3. The maximum atomic E-state index is 9.43. The predicted molar refractivity (Wildman–Crippen MR) is 53.7 cm³/mol. The average molecular weight is 201 g/mol. The number of rotatable bonds is 4. The Balaban J connectivity index is 2.71. The van der Waals surface area contributed by atoms with Crippen LogP contribution in [0.4, 0.5) is 0 Å². The molecule has 0 aromatic heterocycles. The van der Waals surface area contributed by atoms with Crippen molar-refractivity contribution in [2.45, 2.75) is 12.8 Å². The van der Waals surface area contributed by atoms with E-state index in [4.69, 9.17) is 16.3 Å². The molecule has 0 spiro atoms. The van der Waals surface area contributed by atoms with Crippen LogP contribution in [0.3, 0.4) is 0 Å². The lowest BCUT2D eigenvalue weighted by atomic mass is 10.1. The Morgan fingerprint density at radius 2 is 2.23 bits per heavy atom. The van der Waals surface area contributed by atoms with E-state index < -0.39 is 0 Å². The molecule has 0 saturated carbocycles. The first kappa shape index (κ1) is 10.2. The van der Waals surface area contributed by atoms with Crippen LogP contribution in [0.5, 0.6) is 11.5 Å². The molecule has 0 amide bonds. The van der Waals surface area contributed by atoms with E-state index in [1.54, 1.807) is 12.1 Å². The summed E-state index contributed by atoms with van der Waals surface area (Å²) in [5.41, 5.74) is 1.08. The van der Waals surface area contributed by atoms with Crippen LogP contribution in [-0.4, -0.2) is 18.1 Å². The summed E-state index contributed by atoms with van der Waals surface area (Å²) in [7, 11) is 1.54. The first-order chi connectivity index (χ1) is 6.27. The largest absolute Gasteiger partial charge is 0.504 e. The number of phenols is 1. The van der Waals surface area contributed by atoms with Gasteiger partial charge in [-0.05, 0) is 30.5 Å². The van der Waals surface area contributed by atoms with Crippen LogP contribution in [0.25, 0.3) is 0 Å². The van der Waals surface area contributed by atoms with E-state index in [0.717, 1.165) is 18.4 Å². The normalized spacial score (nSPS) is 10.0. The second kappa shape index (κ2) is 4.97. The van der Waals surface area contributed by atoms with Gasteiger partial charge in [0.05, 0.1) is 7.11 Å². The molecule has 0 aliphatic heterocycles. The quantitative estimate of drug-likeness (QED) is 0.758. The molecule has 1 aromatic carbocycles. The van der Waals surface area contributed by atoms with Crippen molar-refractivity contribution in [2.24, 2.45) is 0 Å². The lowest BCUT2D eigenvalue weighted by Gasteiger charge is -2.05. The highest BCUT2D eigenvalue weighted by Gasteiger charge is 2.01. The fourth-order valence-electron chi connectivity index (χ4n) is 1.16. The molecule has 3 heteroatoms. The number of aryl methyl sites for hydroxylation is 1. The number of hydrogen-bond donors (Lipinski definition) is 1. The molecule has 0 radical (unpaired) electrons. The number of halogens is 1. The fraction of sp³-hybridized carbons (Fsp3) is 0.400. The smallest absolute Gasteiger partial charge is 0.160 e. The summed E-state index contributed by atoms with van der Waals surface area (Å²) in [6.45, 7) is 0. The van der Waals surface area contributed by atoms with Crippen LogP contribution in [0, 0.1) is 0 Å². The average Bonchev–Trinajstić information content (AvgIpc) is 2.15. The zero-order chi connectivity index (χ0) is 9.68. The van der Waals surface area contributed by atoms with Crippen LogP contribution >= 0.6 is 11.6 Å². The Hall–Kier alpha value is -0.890. The van der Waals surface area contributed by atoms with E-state index in [-0.39, 0.29) is 5.75 Å². The van der Waals surface area contributed by atoms with Crippen LogP contribution in [0.2, 0.25) is 0 Å². The van der Waals surface area contributed by atoms with Gasteiger partial charge in [-0.15, -0.1) is 11.6 Å². The van der Waals surface area contributed by atoms with Crippen molar-refractivity contribution in [3.05, 3.63) is 23.8 Å². The van der Waals surface area contributed by atoms with Crippen LogP contribution in [0.1, 0.15) is 12.0 Å². The summed E-state index contributed by atoms with van der Waals surface area (Å²) in [6, 6.07) is 5.41. The Kier molecular flexibility index (Phi) is 3.90. The predicted octanol–water partition coefficient (Wildman–Crippen LogP) is 2.57. The fourth-order valence-corrected chi connectivity index (χ4v) is 1.30. The van der Waals surface area contributed by atoms with Crippen molar-refractivity contribution < 1.29 is 9.84 Å². The maximum absolute atomic E-state index is 9.43. The van der Waals surface area contributed by atoms with E-state index in [0.29, 0.717) is 11.6 Å². The molecule has 0 aliphatic carbocycles. The minimum absolute atomic E-state index is 0.189. The first-order valence-electron chi connectivity index (χ1n) is 4.19. The Morgan fingerprint density at radius 1 is 1.46 bits per heavy atom. The van der Waals surface area contributed by atoms with Gasteiger partial charge in [0.1, 0.15) is 0 Å².